The fourth-order valence-electron chi connectivity index (χ4n) is 2.58. The average molecular weight is 370 g/mol. The first-order chi connectivity index (χ1) is 12.4. The summed E-state index contributed by atoms with van der Waals surface area (Å²) >= 11 is 1.65. The van der Waals surface area contributed by atoms with E-state index in [4.69, 9.17) is 4.52 Å². The van der Waals surface area contributed by atoms with E-state index >= 15 is 0 Å². The van der Waals surface area contributed by atoms with Crippen LogP contribution < -0.4 is 5.32 Å². The highest BCUT2D eigenvalue weighted by molar-refractivity contribution is 7.10. The molecular formula is C19H22N4O2S. The number of carbonyl (C=O) groups excluding carboxylic acids is 1. The van der Waals surface area contributed by atoms with Crippen molar-refractivity contribution < 1.29 is 9.32 Å². The lowest BCUT2D eigenvalue weighted by Crippen LogP contribution is -2.36. The molecule has 3 aromatic heterocycles. The van der Waals surface area contributed by atoms with Gasteiger partial charge in [0, 0.05) is 23.9 Å². The Morgan fingerprint density at radius 1 is 1.27 bits per heavy atom. The van der Waals surface area contributed by atoms with Crippen LogP contribution in [0.15, 0.2) is 46.4 Å². The van der Waals surface area contributed by atoms with Crippen molar-refractivity contribution in [2.75, 3.05) is 0 Å². The van der Waals surface area contributed by atoms with E-state index in [0.717, 1.165) is 4.88 Å². The van der Waals surface area contributed by atoms with Crippen molar-refractivity contribution in [3.8, 4) is 11.5 Å². The van der Waals surface area contributed by atoms with Gasteiger partial charge in [-0.1, -0.05) is 38.1 Å². The molecule has 0 bridgehead atoms. The summed E-state index contributed by atoms with van der Waals surface area (Å²) in [5.41, 5.74) is 0.578. The van der Waals surface area contributed by atoms with Crippen molar-refractivity contribution >= 4 is 17.2 Å². The molecule has 136 valence electrons. The van der Waals surface area contributed by atoms with Crippen molar-refractivity contribution in [1.29, 1.82) is 0 Å². The van der Waals surface area contributed by atoms with Crippen molar-refractivity contribution in [2.45, 2.75) is 39.7 Å². The average Bonchev–Trinajstić information content (AvgIpc) is 3.29. The lowest BCUT2D eigenvalue weighted by Gasteiger charge is -2.30. The van der Waals surface area contributed by atoms with Gasteiger partial charge >= 0.3 is 0 Å². The molecule has 0 aliphatic carbocycles. The van der Waals surface area contributed by atoms with E-state index in [9.17, 15) is 4.79 Å². The third-order valence-corrected chi connectivity index (χ3v) is 4.86. The normalized spacial score (nSPS) is 12.7. The molecule has 0 aromatic carbocycles. The number of rotatable bonds is 6. The Balaban J connectivity index is 1.59. The Labute approximate surface area is 156 Å². The molecule has 1 amide bonds. The van der Waals surface area contributed by atoms with Gasteiger partial charge in [0.15, 0.2) is 0 Å². The number of aryl methyl sites for hydroxylation is 1. The van der Waals surface area contributed by atoms with Crippen LogP contribution in [0, 0.1) is 5.41 Å². The predicted molar refractivity (Wildman–Crippen MR) is 101 cm³/mol. The van der Waals surface area contributed by atoms with Crippen LogP contribution in [-0.4, -0.2) is 21.0 Å². The number of aromatic nitrogens is 3. The van der Waals surface area contributed by atoms with Crippen molar-refractivity contribution in [3.05, 3.63) is 52.7 Å². The van der Waals surface area contributed by atoms with Crippen molar-refractivity contribution in [3.63, 3.8) is 0 Å². The summed E-state index contributed by atoms with van der Waals surface area (Å²) in [4.78, 5) is 22.1. The summed E-state index contributed by atoms with van der Waals surface area (Å²) in [6.07, 6.45) is 2.37. The molecule has 26 heavy (non-hydrogen) atoms. The first-order valence-corrected chi connectivity index (χ1v) is 9.38. The van der Waals surface area contributed by atoms with Crippen LogP contribution in [0.1, 0.15) is 44.0 Å². The molecule has 1 N–H and O–H groups in total. The number of thiophene rings is 1. The molecule has 7 heteroatoms. The van der Waals surface area contributed by atoms with E-state index in [1.165, 1.54) is 0 Å². The topological polar surface area (TPSA) is 80.9 Å². The van der Waals surface area contributed by atoms with Gasteiger partial charge in [-0.3, -0.25) is 9.78 Å². The lowest BCUT2D eigenvalue weighted by atomic mass is 9.85. The predicted octanol–water partition coefficient (Wildman–Crippen LogP) is 4.03. The largest absolute Gasteiger partial charge is 0.348 e. The van der Waals surface area contributed by atoms with E-state index in [2.05, 4.69) is 47.3 Å². The summed E-state index contributed by atoms with van der Waals surface area (Å²) in [6.45, 7) is 6.36. The summed E-state index contributed by atoms with van der Waals surface area (Å²) in [5, 5.41) is 9.09. The highest BCUT2D eigenvalue weighted by Gasteiger charge is 2.28. The van der Waals surface area contributed by atoms with Crippen LogP contribution in [0.5, 0.6) is 0 Å². The number of carbonyl (C=O) groups is 1. The molecule has 0 spiro atoms. The maximum atomic E-state index is 12.4. The molecule has 0 radical (unpaired) electrons. The molecule has 0 fully saturated rings. The van der Waals surface area contributed by atoms with E-state index in [1.54, 1.807) is 17.5 Å². The Bertz CT molecular complexity index is 838. The standard InChI is InChI=1S/C19H22N4O2S/c1-19(2,3)17(14-8-6-12-26-14)21-15(24)9-10-16-22-18(23-25-16)13-7-4-5-11-20-13/h4-8,11-12,17H,9-10H2,1-3H3,(H,21,24). The molecule has 6 nitrogen and oxygen atoms in total. The molecular weight excluding hydrogens is 348 g/mol. The molecule has 0 saturated carbocycles. The van der Waals surface area contributed by atoms with Gasteiger partial charge in [-0.25, -0.2) is 0 Å². The Morgan fingerprint density at radius 3 is 2.77 bits per heavy atom. The maximum Gasteiger partial charge on any atom is 0.227 e. The Hall–Kier alpha value is -2.54. The van der Waals surface area contributed by atoms with E-state index in [-0.39, 0.29) is 17.4 Å². The fourth-order valence-corrected chi connectivity index (χ4v) is 3.60. The molecule has 3 rings (SSSR count). The van der Waals surface area contributed by atoms with Gasteiger partial charge in [0.1, 0.15) is 5.69 Å². The van der Waals surface area contributed by atoms with Crippen LogP contribution in [0.4, 0.5) is 0 Å². The van der Waals surface area contributed by atoms with Gasteiger partial charge in [-0.2, -0.15) is 4.98 Å². The summed E-state index contributed by atoms with van der Waals surface area (Å²) < 4.78 is 5.23. The van der Waals surface area contributed by atoms with Crippen LogP contribution >= 0.6 is 11.3 Å². The first kappa shape index (κ1) is 18.3. The highest BCUT2D eigenvalue weighted by Crippen LogP contribution is 2.35. The molecule has 3 aromatic rings. The van der Waals surface area contributed by atoms with E-state index < -0.39 is 0 Å². The van der Waals surface area contributed by atoms with Gasteiger partial charge < -0.3 is 9.84 Å². The molecule has 0 saturated heterocycles. The second-order valence-corrected chi connectivity index (χ2v) is 8.09. The van der Waals surface area contributed by atoms with Crippen molar-refractivity contribution in [2.24, 2.45) is 5.41 Å². The second-order valence-electron chi connectivity index (χ2n) is 7.11. The molecule has 1 unspecified atom stereocenters. The number of nitrogens with zero attached hydrogens (tertiary/aromatic N) is 3. The molecule has 3 heterocycles. The quantitative estimate of drug-likeness (QED) is 0.708. The number of hydrogen-bond donors (Lipinski definition) is 1. The monoisotopic (exact) mass is 370 g/mol. The first-order valence-electron chi connectivity index (χ1n) is 8.50. The van der Waals surface area contributed by atoms with Gasteiger partial charge in [0.05, 0.1) is 6.04 Å². The van der Waals surface area contributed by atoms with E-state index in [0.29, 0.717) is 30.3 Å². The minimum Gasteiger partial charge on any atom is -0.348 e. The number of nitrogens with one attached hydrogen (secondary N) is 1. The van der Waals surface area contributed by atoms with Gasteiger partial charge in [0.25, 0.3) is 0 Å². The zero-order valence-corrected chi connectivity index (χ0v) is 15.9. The van der Waals surface area contributed by atoms with Crippen LogP contribution in [0.25, 0.3) is 11.5 Å². The summed E-state index contributed by atoms with van der Waals surface area (Å²) in [5.74, 6) is 0.840. The second kappa shape index (κ2) is 7.78. The molecule has 0 aliphatic rings. The van der Waals surface area contributed by atoms with Gasteiger partial charge in [0.2, 0.25) is 17.6 Å². The van der Waals surface area contributed by atoms with Gasteiger partial charge in [-0.05, 0) is 29.0 Å². The van der Waals surface area contributed by atoms with Crippen molar-refractivity contribution in [1.82, 2.24) is 20.4 Å². The molecule has 1 atom stereocenters. The molecule has 0 aliphatic heterocycles. The fraction of sp³-hybridized carbons (Fsp3) is 0.368. The number of hydrogen-bond acceptors (Lipinski definition) is 6. The van der Waals surface area contributed by atoms with Crippen LogP contribution in [-0.2, 0) is 11.2 Å². The van der Waals surface area contributed by atoms with Crippen LogP contribution in [0.2, 0.25) is 0 Å². The SMILES string of the molecule is CC(C)(C)C(NC(=O)CCc1nc(-c2ccccn2)no1)c1cccs1. The zero-order chi connectivity index (χ0) is 18.6. The number of amides is 1. The minimum absolute atomic E-state index is 0.0261. The van der Waals surface area contributed by atoms with E-state index in [1.807, 2.05) is 29.6 Å². The third-order valence-electron chi connectivity index (χ3n) is 3.93. The maximum absolute atomic E-state index is 12.4. The smallest absolute Gasteiger partial charge is 0.227 e. The van der Waals surface area contributed by atoms with Crippen LogP contribution in [0.3, 0.4) is 0 Å². The Morgan fingerprint density at radius 2 is 2.12 bits per heavy atom. The highest BCUT2D eigenvalue weighted by atomic mass is 32.1. The van der Waals surface area contributed by atoms with Gasteiger partial charge in [-0.15, -0.1) is 11.3 Å². The lowest BCUT2D eigenvalue weighted by molar-refractivity contribution is -0.122. The Kier molecular flexibility index (Phi) is 5.46. The number of pyridine rings is 1. The summed E-state index contributed by atoms with van der Waals surface area (Å²) in [7, 11) is 0. The third kappa shape index (κ3) is 4.54. The zero-order valence-electron chi connectivity index (χ0n) is 15.1. The summed E-state index contributed by atoms with van der Waals surface area (Å²) in [6, 6.07) is 9.54. The minimum atomic E-state index is -0.0723.